The van der Waals surface area contributed by atoms with Crippen LogP contribution in [0, 0.1) is 0 Å². The zero-order chi connectivity index (χ0) is 18.4. The Hall–Kier alpha value is -0.720. The van der Waals surface area contributed by atoms with E-state index < -0.39 is 0 Å². The van der Waals surface area contributed by atoms with E-state index in [1.807, 2.05) is 36.0 Å². The number of aliphatic imine (C=N–C) groups is 1. The number of nitrogens with one attached hydrogen (secondary N) is 1. The summed E-state index contributed by atoms with van der Waals surface area (Å²) < 4.78 is 1.01. The van der Waals surface area contributed by atoms with Crippen LogP contribution >= 0.6 is 40.1 Å². The first kappa shape index (κ1) is 22.6. The predicted octanol–water partition coefficient (Wildman–Crippen LogP) is 5.72. The molecule has 0 aromatic heterocycles. The quantitative estimate of drug-likeness (QED) is 0.574. The predicted molar refractivity (Wildman–Crippen MR) is 122 cm³/mol. The summed E-state index contributed by atoms with van der Waals surface area (Å²) >= 11 is 5.25. The van der Waals surface area contributed by atoms with Crippen LogP contribution in [0.2, 0.25) is 0 Å². The van der Waals surface area contributed by atoms with Crippen molar-refractivity contribution in [2.45, 2.75) is 64.0 Å². The van der Waals surface area contributed by atoms with Crippen molar-refractivity contribution in [3.8, 4) is 0 Å². The van der Waals surface area contributed by atoms with E-state index >= 15 is 0 Å². The van der Waals surface area contributed by atoms with Crippen molar-refractivity contribution >= 4 is 56.9 Å². The van der Waals surface area contributed by atoms with E-state index in [0.717, 1.165) is 28.9 Å². The third-order valence-corrected chi connectivity index (χ3v) is 6.65. The molecule has 7 heteroatoms. The Morgan fingerprint density at radius 3 is 2.63 bits per heavy atom. The zero-order valence-electron chi connectivity index (χ0n) is 15.8. The molecule has 1 heterocycles. The van der Waals surface area contributed by atoms with Crippen LogP contribution in [-0.2, 0) is 4.79 Å². The van der Waals surface area contributed by atoms with Crippen molar-refractivity contribution in [3.05, 3.63) is 28.7 Å². The highest BCUT2D eigenvalue weighted by molar-refractivity contribution is 9.10. The zero-order valence-corrected chi connectivity index (χ0v) is 19.0. The van der Waals surface area contributed by atoms with Crippen LogP contribution < -0.4 is 5.32 Å². The molecule has 150 valence electrons. The number of hydrogen-bond acceptors (Lipinski definition) is 3. The molecule has 4 nitrogen and oxygen atoms in total. The average Bonchev–Trinajstić information content (AvgIpc) is 3.00. The number of carbonyl (C=O) groups is 1. The van der Waals surface area contributed by atoms with Gasteiger partial charge in [-0.25, -0.2) is 0 Å². The number of hydrogen-bond donors (Lipinski definition) is 1. The maximum absolute atomic E-state index is 12.5. The molecule has 0 bridgehead atoms. The van der Waals surface area contributed by atoms with Crippen molar-refractivity contribution in [2.24, 2.45) is 4.99 Å². The number of anilines is 1. The van der Waals surface area contributed by atoms with Crippen molar-refractivity contribution in [1.29, 1.82) is 0 Å². The molecular weight excluding hydrogens is 446 g/mol. The van der Waals surface area contributed by atoms with Crippen molar-refractivity contribution < 1.29 is 4.79 Å². The van der Waals surface area contributed by atoms with E-state index in [0.29, 0.717) is 12.5 Å². The summed E-state index contributed by atoms with van der Waals surface area (Å²) in [5.74, 6) is 1.04. The summed E-state index contributed by atoms with van der Waals surface area (Å²) in [6, 6.07) is 8.47. The van der Waals surface area contributed by atoms with Gasteiger partial charge in [0.25, 0.3) is 0 Å². The highest BCUT2D eigenvalue weighted by Gasteiger charge is 2.32. The highest BCUT2D eigenvalue weighted by Crippen LogP contribution is 2.30. The molecule has 1 saturated carbocycles. The number of carbonyl (C=O) groups excluding carboxylic acids is 1. The summed E-state index contributed by atoms with van der Waals surface area (Å²) in [5, 5.41) is 4.19. The molecule has 1 aromatic carbocycles. The first-order valence-electron chi connectivity index (χ1n) is 9.68. The molecule has 1 aliphatic carbocycles. The molecule has 1 aromatic rings. The first-order valence-corrected chi connectivity index (χ1v) is 11.5. The van der Waals surface area contributed by atoms with Gasteiger partial charge in [0.1, 0.15) is 0 Å². The molecule has 0 spiro atoms. The van der Waals surface area contributed by atoms with Crippen LogP contribution in [-0.4, -0.2) is 40.4 Å². The molecule has 1 N–H and O–H groups in total. The van der Waals surface area contributed by atoms with Crippen LogP contribution in [0.25, 0.3) is 0 Å². The highest BCUT2D eigenvalue weighted by atomic mass is 79.9. The maximum atomic E-state index is 12.5. The lowest BCUT2D eigenvalue weighted by molar-refractivity contribution is -0.116. The van der Waals surface area contributed by atoms with Crippen LogP contribution in [0.5, 0.6) is 0 Å². The molecule has 27 heavy (non-hydrogen) atoms. The van der Waals surface area contributed by atoms with E-state index in [4.69, 9.17) is 4.99 Å². The molecule has 1 unspecified atom stereocenters. The van der Waals surface area contributed by atoms with Crippen LogP contribution in [0.1, 0.15) is 51.9 Å². The smallest absolute Gasteiger partial charge is 0.226 e. The fourth-order valence-electron chi connectivity index (χ4n) is 3.63. The summed E-state index contributed by atoms with van der Waals surface area (Å²) in [4.78, 5) is 19.9. The molecule has 1 saturated heterocycles. The largest absolute Gasteiger partial charge is 0.347 e. The van der Waals surface area contributed by atoms with Crippen molar-refractivity contribution in [1.82, 2.24) is 4.90 Å². The van der Waals surface area contributed by atoms with E-state index in [-0.39, 0.29) is 24.4 Å². The standard InChI is InChI=1S/C20H28BrN3OS.ClH/c1-2-12-24-18(13-19(25)22-17-10-8-15(21)9-11-17)14-26-20(24)23-16-6-4-3-5-7-16;/h8-11,16,18H,2-7,12-14H2,1H3,(H,22,25);1H/b23-20-;. The van der Waals surface area contributed by atoms with Gasteiger partial charge in [0, 0.05) is 34.9 Å². The van der Waals surface area contributed by atoms with Gasteiger partial charge >= 0.3 is 0 Å². The van der Waals surface area contributed by atoms with Gasteiger partial charge in [-0.15, -0.1) is 12.4 Å². The number of halogens is 2. The molecular formula is C20H29BrClN3OS. The number of amidine groups is 1. The fraction of sp³-hybridized carbons (Fsp3) is 0.600. The fourth-order valence-corrected chi connectivity index (χ4v) is 5.16. The number of benzene rings is 1. The maximum Gasteiger partial charge on any atom is 0.226 e. The van der Waals surface area contributed by atoms with Gasteiger partial charge in [0.15, 0.2) is 5.17 Å². The summed E-state index contributed by atoms with van der Waals surface area (Å²) in [6.07, 6.45) is 8.00. The molecule has 1 amide bonds. The number of thioether (sulfide) groups is 1. The monoisotopic (exact) mass is 473 g/mol. The second-order valence-electron chi connectivity index (χ2n) is 7.12. The minimum Gasteiger partial charge on any atom is -0.347 e. The SMILES string of the molecule is CCCN1/C(=N/C2CCCCC2)SCC1CC(=O)Nc1ccc(Br)cc1.Cl. The molecule has 0 radical (unpaired) electrons. The Morgan fingerprint density at radius 1 is 1.26 bits per heavy atom. The number of rotatable bonds is 6. The van der Waals surface area contributed by atoms with Crippen LogP contribution in [0.3, 0.4) is 0 Å². The van der Waals surface area contributed by atoms with E-state index in [1.54, 1.807) is 0 Å². The Labute approximate surface area is 181 Å². The van der Waals surface area contributed by atoms with Gasteiger partial charge < -0.3 is 10.2 Å². The Morgan fingerprint density at radius 2 is 1.96 bits per heavy atom. The minimum atomic E-state index is 0. The Balaban J connectivity index is 0.00000261. The van der Waals surface area contributed by atoms with Crippen LogP contribution in [0.15, 0.2) is 33.7 Å². The normalized spacial score (nSPS) is 21.9. The molecule has 1 aliphatic heterocycles. The Bertz CT molecular complexity index is 635. The summed E-state index contributed by atoms with van der Waals surface area (Å²) in [5.41, 5.74) is 0.849. The van der Waals surface area contributed by atoms with Crippen molar-refractivity contribution in [3.63, 3.8) is 0 Å². The average molecular weight is 475 g/mol. The summed E-state index contributed by atoms with van der Waals surface area (Å²) in [7, 11) is 0. The van der Waals surface area contributed by atoms with E-state index in [1.165, 1.54) is 37.3 Å². The van der Waals surface area contributed by atoms with Gasteiger partial charge in [0.05, 0.1) is 6.04 Å². The second kappa shape index (κ2) is 11.3. The first-order chi connectivity index (χ1) is 12.7. The number of amides is 1. The second-order valence-corrected chi connectivity index (χ2v) is 9.02. The lowest BCUT2D eigenvalue weighted by atomic mass is 9.96. The lowest BCUT2D eigenvalue weighted by Crippen LogP contribution is -2.37. The topological polar surface area (TPSA) is 44.7 Å². The lowest BCUT2D eigenvalue weighted by Gasteiger charge is -2.27. The van der Waals surface area contributed by atoms with E-state index in [2.05, 4.69) is 33.1 Å². The minimum absolute atomic E-state index is 0. The van der Waals surface area contributed by atoms with E-state index in [9.17, 15) is 4.79 Å². The van der Waals surface area contributed by atoms with Gasteiger partial charge in [-0.05, 0) is 43.5 Å². The third kappa shape index (κ3) is 6.68. The summed E-state index contributed by atoms with van der Waals surface area (Å²) in [6.45, 7) is 3.18. The third-order valence-electron chi connectivity index (χ3n) is 4.97. The molecule has 1 atom stereocenters. The molecule has 3 rings (SSSR count). The Kier molecular flexibility index (Phi) is 9.46. The molecule has 2 aliphatic rings. The molecule has 2 fully saturated rings. The van der Waals surface area contributed by atoms with Gasteiger partial charge in [-0.2, -0.15) is 0 Å². The van der Waals surface area contributed by atoms with Crippen LogP contribution in [0.4, 0.5) is 5.69 Å². The van der Waals surface area contributed by atoms with Gasteiger partial charge in [-0.3, -0.25) is 9.79 Å². The van der Waals surface area contributed by atoms with Crippen molar-refractivity contribution in [2.75, 3.05) is 17.6 Å². The van der Waals surface area contributed by atoms with Gasteiger partial charge in [-0.1, -0.05) is 53.9 Å². The van der Waals surface area contributed by atoms with Gasteiger partial charge in [0.2, 0.25) is 5.91 Å². The number of nitrogens with zero attached hydrogens (tertiary/aromatic N) is 2.